The Kier molecular flexibility index (Phi) is 9.84. The van der Waals surface area contributed by atoms with Gasteiger partial charge < -0.3 is 25.2 Å². The van der Waals surface area contributed by atoms with E-state index in [1.54, 1.807) is 7.11 Å². The molecule has 0 atom stereocenters. The molecule has 0 radical (unpaired) electrons. The standard InChI is InChI=1S/C16H25N3O2.C2H2O4/c1-3-18-8-10-19(11-9-18)13-16(20)17-12-14-6-4-5-7-15(14)21-2;3-1(4)2(5)6/h4-7H,3,8-13H2,1-2H3,(H,17,20);(H,3,4)(H,5,6). The summed E-state index contributed by atoms with van der Waals surface area (Å²) in [6.07, 6.45) is 0. The Bertz CT molecular complexity index is 617. The van der Waals surface area contributed by atoms with Gasteiger partial charge in [0.05, 0.1) is 13.7 Å². The number of nitrogens with zero attached hydrogens (tertiary/aromatic N) is 2. The van der Waals surface area contributed by atoms with Crippen LogP contribution in [0.2, 0.25) is 0 Å². The van der Waals surface area contributed by atoms with Crippen LogP contribution in [0, 0.1) is 0 Å². The number of aliphatic carboxylic acids is 2. The van der Waals surface area contributed by atoms with E-state index in [0.29, 0.717) is 13.1 Å². The van der Waals surface area contributed by atoms with Gasteiger partial charge in [-0.25, -0.2) is 9.59 Å². The van der Waals surface area contributed by atoms with E-state index in [1.807, 2.05) is 24.3 Å². The van der Waals surface area contributed by atoms with Crippen molar-refractivity contribution in [3.05, 3.63) is 29.8 Å². The Morgan fingerprint density at radius 3 is 2.11 bits per heavy atom. The van der Waals surface area contributed by atoms with E-state index in [4.69, 9.17) is 24.5 Å². The van der Waals surface area contributed by atoms with Gasteiger partial charge in [0, 0.05) is 38.3 Å². The fourth-order valence-electron chi connectivity index (χ4n) is 2.57. The highest BCUT2D eigenvalue weighted by Crippen LogP contribution is 2.16. The average Bonchev–Trinajstić information content (AvgIpc) is 2.67. The lowest BCUT2D eigenvalue weighted by Crippen LogP contribution is -2.49. The van der Waals surface area contributed by atoms with Crippen molar-refractivity contribution in [3.63, 3.8) is 0 Å². The molecule has 0 saturated carbocycles. The minimum absolute atomic E-state index is 0.0749. The number of likely N-dealkylation sites (N-methyl/N-ethyl adjacent to an activating group) is 1. The maximum atomic E-state index is 12.0. The number of methoxy groups -OCH3 is 1. The first-order chi connectivity index (χ1) is 12.9. The minimum Gasteiger partial charge on any atom is -0.496 e. The Morgan fingerprint density at radius 2 is 1.59 bits per heavy atom. The molecule has 150 valence electrons. The molecule has 1 aromatic carbocycles. The molecule has 1 fully saturated rings. The summed E-state index contributed by atoms with van der Waals surface area (Å²) >= 11 is 0. The number of nitrogens with one attached hydrogen (secondary N) is 1. The zero-order valence-corrected chi connectivity index (χ0v) is 15.7. The number of hydrogen-bond donors (Lipinski definition) is 3. The van der Waals surface area contributed by atoms with Crippen molar-refractivity contribution in [2.24, 2.45) is 0 Å². The van der Waals surface area contributed by atoms with Crippen molar-refractivity contribution in [2.45, 2.75) is 13.5 Å². The lowest BCUT2D eigenvalue weighted by Gasteiger charge is -2.33. The second-order valence-electron chi connectivity index (χ2n) is 5.91. The number of carbonyl (C=O) groups excluding carboxylic acids is 1. The number of carboxylic acid groups (broad SMARTS) is 2. The van der Waals surface area contributed by atoms with Crippen molar-refractivity contribution in [3.8, 4) is 5.75 Å². The van der Waals surface area contributed by atoms with Crippen LogP contribution in [0.3, 0.4) is 0 Å². The van der Waals surface area contributed by atoms with Gasteiger partial charge in [0.1, 0.15) is 5.75 Å². The zero-order chi connectivity index (χ0) is 20.2. The molecule has 27 heavy (non-hydrogen) atoms. The van der Waals surface area contributed by atoms with Crippen LogP contribution in [-0.2, 0) is 20.9 Å². The van der Waals surface area contributed by atoms with E-state index in [0.717, 1.165) is 44.0 Å². The van der Waals surface area contributed by atoms with Gasteiger partial charge in [-0.1, -0.05) is 25.1 Å². The van der Waals surface area contributed by atoms with Crippen LogP contribution < -0.4 is 10.1 Å². The molecule has 1 aliphatic heterocycles. The van der Waals surface area contributed by atoms with Crippen LogP contribution in [-0.4, -0.2) is 84.2 Å². The fraction of sp³-hybridized carbons (Fsp3) is 0.500. The summed E-state index contributed by atoms with van der Waals surface area (Å²) in [4.78, 5) is 34.8. The molecule has 9 nitrogen and oxygen atoms in total. The van der Waals surface area contributed by atoms with Gasteiger partial charge >= 0.3 is 11.9 Å². The number of para-hydroxylation sites is 1. The molecule has 1 aliphatic rings. The predicted octanol–water partition coefficient (Wildman–Crippen LogP) is 0.105. The molecule has 0 aromatic heterocycles. The molecule has 0 bridgehead atoms. The third-order valence-corrected chi connectivity index (χ3v) is 4.13. The molecule has 1 heterocycles. The number of benzene rings is 1. The summed E-state index contributed by atoms with van der Waals surface area (Å²) in [6, 6.07) is 7.76. The van der Waals surface area contributed by atoms with Crippen LogP contribution in [0.25, 0.3) is 0 Å². The number of carboxylic acids is 2. The quantitative estimate of drug-likeness (QED) is 0.594. The molecule has 3 N–H and O–H groups in total. The first-order valence-electron chi connectivity index (χ1n) is 8.66. The topological polar surface area (TPSA) is 119 Å². The number of amides is 1. The highest BCUT2D eigenvalue weighted by molar-refractivity contribution is 6.27. The molecule has 0 spiro atoms. The van der Waals surface area contributed by atoms with E-state index >= 15 is 0 Å². The Hall–Kier alpha value is -2.65. The number of carbonyl (C=O) groups is 3. The van der Waals surface area contributed by atoms with Crippen molar-refractivity contribution in [1.29, 1.82) is 0 Å². The van der Waals surface area contributed by atoms with Gasteiger partial charge in [0.15, 0.2) is 0 Å². The Balaban J connectivity index is 0.000000527. The Morgan fingerprint density at radius 1 is 1.04 bits per heavy atom. The lowest BCUT2D eigenvalue weighted by atomic mass is 10.2. The maximum absolute atomic E-state index is 12.0. The molecule has 1 amide bonds. The predicted molar refractivity (Wildman–Crippen MR) is 98.7 cm³/mol. The Labute approximate surface area is 158 Å². The SMILES string of the molecule is CCN1CCN(CC(=O)NCc2ccccc2OC)CC1.O=C(O)C(=O)O. The van der Waals surface area contributed by atoms with Crippen LogP contribution >= 0.6 is 0 Å². The molecule has 1 saturated heterocycles. The van der Waals surface area contributed by atoms with Crippen molar-refractivity contribution >= 4 is 17.8 Å². The van der Waals surface area contributed by atoms with Crippen LogP contribution in [0.4, 0.5) is 0 Å². The van der Waals surface area contributed by atoms with E-state index < -0.39 is 11.9 Å². The first-order valence-corrected chi connectivity index (χ1v) is 8.66. The largest absolute Gasteiger partial charge is 0.496 e. The van der Waals surface area contributed by atoms with Gasteiger partial charge in [0.25, 0.3) is 0 Å². The third-order valence-electron chi connectivity index (χ3n) is 4.13. The summed E-state index contributed by atoms with van der Waals surface area (Å²) in [7, 11) is 1.65. The molecule has 0 aliphatic carbocycles. The van der Waals surface area contributed by atoms with Gasteiger partial charge in [-0.15, -0.1) is 0 Å². The monoisotopic (exact) mass is 381 g/mol. The summed E-state index contributed by atoms with van der Waals surface area (Å²) < 4.78 is 5.28. The van der Waals surface area contributed by atoms with Crippen molar-refractivity contribution < 1.29 is 29.3 Å². The number of piperazine rings is 1. The van der Waals surface area contributed by atoms with Gasteiger partial charge in [-0.3, -0.25) is 9.69 Å². The average molecular weight is 381 g/mol. The first kappa shape index (κ1) is 22.4. The van der Waals surface area contributed by atoms with Gasteiger partial charge in [-0.2, -0.15) is 0 Å². The van der Waals surface area contributed by atoms with E-state index in [2.05, 4.69) is 22.0 Å². The number of rotatable bonds is 6. The summed E-state index contributed by atoms with van der Waals surface area (Å²) in [6.45, 7) is 8.30. The molecule has 0 unspecified atom stereocenters. The molecule has 2 rings (SSSR count). The second-order valence-corrected chi connectivity index (χ2v) is 5.91. The summed E-state index contributed by atoms with van der Waals surface area (Å²) in [5.74, 6) is -2.76. The summed E-state index contributed by atoms with van der Waals surface area (Å²) in [5.41, 5.74) is 1.00. The molecule has 1 aromatic rings. The highest BCUT2D eigenvalue weighted by Gasteiger charge is 2.17. The number of ether oxygens (including phenoxy) is 1. The van der Waals surface area contributed by atoms with E-state index in [9.17, 15) is 4.79 Å². The van der Waals surface area contributed by atoms with Crippen LogP contribution in [0.15, 0.2) is 24.3 Å². The summed E-state index contributed by atoms with van der Waals surface area (Å²) in [5, 5.41) is 17.8. The van der Waals surface area contributed by atoms with Crippen molar-refractivity contribution in [1.82, 2.24) is 15.1 Å². The van der Waals surface area contributed by atoms with Crippen LogP contribution in [0.5, 0.6) is 5.75 Å². The maximum Gasteiger partial charge on any atom is 0.414 e. The zero-order valence-electron chi connectivity index (χ0n) is 15.7. The van der Waals surface area contributed by atoms with Gasteiger partial charge in [-0.05, 0) is 12.6 Å². The van der Waals surface area contributed by atoms with Crippen LogP contribution in [0.1, 0.15) is 12.5 Å². The number of hydrogen-bond acceptors (Lipinski definition) is 6. The van der Waals surface area contributed by atoms with E-state index in [1.165, 1.54) is 0 Å². The molecule has 9 heteroatoms. The smallest absolute Gasteiger partial charge is 0.414 e. The molecular weight excluding hydrogens is 354 g/mol. The lowest BCUT2D eigenvalue weighted by molar-refractivity contribution is -0.159. The minimum atomic E-state index is -1.82. The highest BCUT2D eigenvalue weighted by atomic mass is 16.5. The van der Waals surface area contributed by atoms with Crippen molar-refractivity contribution in [2.75, 3.05) is 46.4 Å². The second kappa shape index (κ2) is 11.9. The third kappa shape index (κ3) is 8.52. The fourth-order valence-corrected chi connectivity index (χ4v) is 2.57. The van der Waals surface area contributed by atoms with E-state index in [-0.39, 0.29) is 5.91 Å². The van der Waals surface area contributed by atoms with Gasteiger partial charge in [0.2, 0.25) is 5.91 Å². The normalized spacial score (nSPS) is 14.6. The molecular formula is C18H27N3O6.